The molecule has 170 valence electrons. The quantitative estimate of drug-likeness (QED) is 0.570. The van der Waals surface area contributed by atoms with Gasteiger partial charge in [-0.25, -0.2) is 13.4 Å². The van der Waals surface area contributed by atoms with Crippen molar-refractivity contribution in [3.05, 3.63) is 39.8 Å². The molecule has 31 heavy (non-hydrogen) atoms. The van der Waals surface area contributed by atoms with E-state index in [0.29, 0.717) is 25.2 Å². The summed E-state index contributed by atoms with van der Waals surface area (Å²) in [5.41, 5.74) is 1.36. The summed E-state index contributed by atoms with van der Waals surface area (Å²) in [6.07, 6.45) is 6.44. The first-order valence-electron chi connectivity index (χ1n) is 10.8. The molecule has 7 nitrogen and oxygen atoms in total. The highest BCUT2D eigenvalue weighted by Gasteiger charge is 2.29. The van der Waals surface area contributed by atoms with Crippen LogP contribution in [0.15, 0.2) is 28.5 Å². The van der Waals surface area contributed by atoms with Gasteiger partial charge in [0.25, 0.3) is 5.91 Å². The number of sulfonamides is 1. The molecule has 0 aliphatic carbocycles. The number of rotatable bonds is 9. The molecule has 1 amide bonds. The van der Waals surface area contributed by atoms with Gasteiger partial charge in [-0.15, -0.1) is 11.3 Å². The Labute approximate surface area is 188 Å². The maximum atomic E-state index is 13.2. The molecule has 1 aliphatic heterocycles. The van der Waals surface area contributed by atoms with Crippen molar-refractivity contribution in [3.8, 4) is 5.75 Å². The SMILES string of the molecule is COc1ccc(C(=O)NCCCCc2nc(C)cs2)cc1S(=O)(=O)N1CCCCCC1. The van der Waals surface area contributed by atoms with Gasteiger partial charge in [0, 0.05) is 36.3 Å². The van der Waals surface area contributed by atoms with Crippen LogP contribution in [-0.4, -0.2) is 50.4 Å². The fourth-order valence-corrected chi connectivity index (χ4v) is 6.18. The van der Waals surface area contributed by atoms with Crippen molar-refractivity contribution < 1.29 is 17.9 Å². The van der Waals surface area contributed by atoms with Crippen molar-refractivity contribution in [1.29, 1.82) is 0 Å². The van der Waals surface area contributed by atoms with Crippen molar-refractivity contribution in [2.24, 2.45) is 0 Å². The number of carbonyl (C=O) groups excluding carboxylic acids is 1. The summed E-state index contributed by atoms with van der Waals surface area (Å²) in [6, 6.07) is 4.60. The lowest BCUT2D eigenvalue weighted by molar-refractivity contribution is 0.0952. The van der Waals surface area contributed by atoms with Crippen LogP contribution in [0, 0.1) is 6.92 Å². The number of amides is 1. The van der Waals surface area contributed by atoms with Crippen LogP contribution in [0.1, 0.15) is 59.6 Å². The molecule has 3 rings (SSSR count). The average molecular weight is 466 g/mol. The predicted molar refractivity (Wildman–Crippen MR) is 122 cm³/mol. The molecule has 0 atom stereocenters. The lowest BCUT2D eigenvalue weighted by atomic mass is 10.2. The number of hydrogen-bond donors (Lipinski definition) is 1. The van der Waals surface area contributed by atoms with Crippen molar-refractivity contribution in [2.45, 2.75) is 56.8 Å². The monoisotopic (exact) mass is 465 g/mol. The van der Waals surface area contributed by atoms with Crippen LogP contribution in [0.5, 0.6) is 5.75 Å². The Morgan fingerprint density at radius 3 is 2.58 bits per heavy atom. The second-order valence-electron chi connectivity index (χ2n) is 7.78. The van der Waals surface area contributed by atoms with Gasteiger partial charge in [-0.05, 0) is 57.2 Å². The van der Waals surface area contributed by atoms with Crippen LogP contribution in [0.4, 0.5) is 0 Å². The summed E-state index contributed by atoms with van der Waals surface area (Å²) < 4.78 is 33.3. The molecule has 2 heterocycles. The van der Waals surface area contributed by atoms with Gasteiger partial charge in [-0.3, -0.25) is 4.79 Å². The minimum Gasteiger partial charge on any atom is -0.495 e. The van der Waals surface area contributed by atoms with Crippen LogP contribution in [0.25, 0.3) is 0 Å². The summed E-state index contributed by atoms with van der Waals surface area (Å²) in [4.78, 5) is 17.1. The lowest BCUT2D eigenvalue weighted by Gasteiger charge is -2.21. The summed E-state index contributed by atoms with van der Waals surface area (Å²) in [6.45, 7) is 3.51. The summed E-state index contributed by atoms with van der Waals surface area (Å²) >= 11 is 1.66. The van der Waals surface area contributed by atoms with Gasteiger partial charge in [-0.2, -0.15) is 4.31 Å². The molecule has 9 heteroatoms. The number of methoxy groups -OCH3 is 1. The van der Waals surface area contributed by atoms with Crippen molar-refractivity contribution in [1.82, 2.24) is 14.6 Å². The van der Waals surface area contributed by atoms with E-state index in [1.54, 1.807) is 23.5 Å². The molecule has 1 aliphatic rings. The molecule has 1 fully saturated rings. The van der Waals surface area contributed by atoms with E-state index in [1.807, 2.05) is 12.3 Å². The first kappa shape index (κ1) is 23.7. The summed E-state index contributed by atoms with van der Waals surface area (Å²) in [5, 5.41) is 6.04. The normalized spacial score (nSPS) is 15.4. The second kappa shape index (κ2) is 11.1. The minimum atomic E-state index is -3.72. The van der Waals surface area contributed by atoms with Gasteiger partial charge < -0.3 is 10.1 Å². The highest BCUT2D eigenvalue weighted by atomic mass is 32.2. The zero-order valence-corrected chi connectivity index (χ0v) is 19.9. The zero-order valence-electron chi connectivity index (χ0n) is 18.2. The Kier molecular flexibility index (Phi) is 8.45. The van der Waals surface area contributed by atoms with E-state index in [0.717, 1.165) is 55.6 Å². The zero-order chi connectivity index (χ0) is 22.3. The third-order valence-electron chi connectivity index (χ3n) is 5.38. The number of aromatic nitrogens is 1. The van der Waals surface area contributed by atoms with Crippen molar-refractivity contribution >= 4 is 27.3 Å². The number of benzene rings is 1. The minimum absolute atomic E-state index is 0.0590. The van der Waals surface area contributed by atoms with Gasteiger partial charge >= 0.3 is 0 Å². The van der Waals surface area contributed by atoms with E-state index >= 15 is 0 Å². The highest BCUT2D eigenvalue weighted by molar-refractivity contribution is 7.89. The molecular formula is C22H31N3O4S2. The van der Waals surface area contributed by atoms with Gasteiger partial charge in [0.15, 0.2) is 0 Å². The predicted octanol–water partition coefficient (Wildman–Crippen LogP) is 3.78. The Balaban J connectivity index is 1.62. The van der Waals surface area contributed by atoms with E-state index < -0.39 is 10.0 Å². The van der Waals surface area contributed by atoms with E-state index in [2.05, 4.69) is 10.3 Å². The highest BCUT2D eigenvalue weighted by Crippen LogP contribution is 2.29. The van der Waals surface area contributed by atoms with E-state index in [9.17, 15) is 13.2 Å². The third kappa shape index (κ3) is 6.27. The Hall–Kier alpha value is -1.97. The Bertz CT molecular complexity index is 980. The van der Waals surface area contributed by atoms with Crippen molar-refractivity contribution in [3.63, 3.8) is 0 Å². The molecule has 0 radical (unpaired) electrons. The van der Waals surface area contributed by atoms with Gasteiger partial charge in [-0.1, -0.05) is 12.8 Å². The molecule has 0 saturated carbocycles. The van der Waals surface area contributed by atoms with Gasteiger partial charge in [0.1, 0.15) is 10.6 Å². The number of thiazole rings is 1. The van der Waals surface area contributed by atoms with Gasteiger partial charge in [0.2, 0.25) is 10.0 Å². The maximum Gasteiger partial charge on any atom is 0.251 e. The number of carbonyl (C=O) groups is 1. The lowest BCUT2D eigenvalue weighted by Crippen LogP contribution is -2.32. The van der Waals surface area contributed by atoms with Gasteiger partial charge in [0.05, 0.1) is 12.1 Å². The van der Waals surface area contributed by atoms with Crippen LogP contribution in [0.3, 0.4) is 0 Å². The number of hydrogen-bond acceptors (Lipinski definition) is 6. The topological polar surface area (TPSA) is 88.6 Å². The number of nitrogens with zero attached hydrogens (tertiary/aromatic N) is 2. The number of aryl methyl sites for hydroxylation is 2. The maximum absolute atomic E-state index is 13.2. The molecule has 0 bridgehead atoms. The Morgan fingerprint density at radius 2 is 1.94 bits per heavy atom. The first-order valence-corrected chi connectivity index (χ1v) is 13.1. The third-order valence-corrected chi connectivity index (χ3v) is 8.32. The van der Waals surface area contributed by atoms with Crippen molar-refractivity contribution in [2.75, 3.05) is 26.7 Å². The summed E-state index contributed by atoms with van der Waals surface area (Å²) in [7, 11) is -2.27. The molecule has 2 aromatic rings. The van der Waals surface area contributed by atoms with E-state index in [1.165, 1.54) is 17.5 Å². The van der Waals surface area contributed by atoms with Crippen LogP contribution < -0.4 is 10.1 Å². The number of ether oxygens (including phenoxy) is 1. The molecule has 1 N–H and O–H groups in total. The summed E-state index contributed by atoms with van der Waals surface area (Å²) in [5.74, 6) is -0.0143. The van der Waals surface area contributed by atoms with Crippen LogP contribution in [-0.2, 0) is 16.4 Å². The molecule has 1 aromatic heterocycles. The van der Waals surface area contributed by atoms with E-state index in [4.69, 9.17) is 4.74 Å². The van der Waals surface area contributed by atoms with Crippen LogP contribution in [0.2, 0.25) is 0 Å². The fraction of sp³-hybridized carbons (Fsp3) is 0.545. The number of unbranched alkanes of at least 4 members (excludes halogenated alkanes) is 1. The number of nitrogens with one attached hydrogen (secondary N) is 1. The second-order valence-corrected chi connectivity index (χ2v) is 10.6. The molecule has 1 aromatic carbocycles. The standard InChI is InChI=1S/C22H31N3O4S2/c1-17-16-30-21(24-17)9-5-6-12-23-22(26)18-10-11-19(29-2)20(15-18)31(27,28)25-13-7-3-4-8-14-25/h10-11,15-16H,3-9,12-14H2,1-2H3,(H,23,26). The largest absolute Gasteiger partial charge is 0.495 e. The van der Waals surface area contributed by atoms with E-state index in [-0.39, 0.29) is 16.6 Å². The first-order chi connectivity index (χ1) is 14.9. The fourth-order valence-electron chi connectivity index (χ4n) is 3.66. The smallest absolute Gasteiger partial charge is 0.251 e. The molecule has 0 spiro atoms. The molecule has 0 unspecified atom stereocenters. The molecular weight excluding hydrogens is 434 g/mol. The van der Waals surface area contributed by atoms with Crippen LogP contribution >= 0.6 is 11.3 Å². The molecule has 1 saturated heterocycles. The average Bonchev–Trinajstić information content (AvgIpc) is 3.00. The Morgan fingerprint density at radius 1 is 1.19 bits per heavy atom.